The number of nitrogens with one attached hydrogen (secondary N) is 1. The molecule has 6 rings (SSSR count). The Hall–Kier alpha value is -4.42. The van der Waals surface area contributed by atoms with Crippen LogP contribution < -0.4 is 10.3 Å². The van der Waals surface area contributed by atoms with Crippen molar-refractivity contribution >= 4 is 56.1 Å². The predicted octanol–water partition coefficient (Wildman–Crippen LogP) is 3.90. The molecule has 10 nitrogen and oxygen atoms in total. The van der Waals surface area contributed by atoms with Crippen LogP contribution in [0.15, 0.2) is 81.1 Å². The van der Waals surface area contributed by atoms with Crippen LogP contribution >= 0.6 is 23.1 Å². The molecule has 0 bridgehead atoms. The molecule has 0 spiro atoms. The molecule has 0 fully saturated rings. The van der Waals surface area contributed by atoms with Gasteiger partial charge in [-0.05, 0) is 48.0 Å². The first-order valence-corrected chi connectivity index (χ1v) is 13.2. The molecular weight excluding hydrogens is 522 g/mol. The molecular formula is C26H19N7O3S2. The first-order chi connectivity index (χ1) is 18.4. The summed E-state index contributed by atoms with van der Waals surface area (Å²) in [5.74, 6) is 0.0873. The maximum atomic E-state index is 12.7. The van der Waals surface area contributed by atoms with Gasteiger partial charge in [0.1, 0.15) is 22.4 Å². The van der Waals surface area contributed by atoms with Crippen LogP contribution in [0.25, 0.3) is 11.0 Å². The van der Waals surface area contributed by atoms with Crippen LogP contribution in [0.1, 0.15) is 21.8 Å². The standard InChI is InChI=1S/C26H19N7O3S2/c1-15-30-32-22(34)13-18(28-25(32)37-15)14-36-19-9-7-17(8-10-19)11-20-23(27)33-26(29-24(20)35)38-21(31-33)12-16-5-3-2-4-6-16/h2-11,13,27H,12,14H2,1H3/b20-11+,27-23?. The van der Waals surface area contributed by atoms with E-state index < -0.39 is 5.91 Å². The topological polar surface area (TPSA) is 125 Å². The van der Waals surface area contributed by atoms with Crippen LogP contribution in [0.2, 0.25) is 0 Å². The number of fused-ring (bicyclic) bond motifs is 2. The number of hydrogen-bond donors (Lipinski definition) is 1. The number of benzene rings is 2. The lowest BCUT2D eigenvalue weighted by molar-refractivity contribution is -0.114. The second-order valence-corrected chi connectivity index (χ2v) is 10.6. The normalized spacial score (nSPS) is 16.1. The van der Waals surface area contributed by atoms with Crippen LogP contribution in [-0.2, 0) is 17.8 Å². The number of aryl methyl sites for hydroxylation is 1. The monoisotopic (exact) mass is 541 g/mol. The van der Waals surface area contributed by atoms with Gasteiger partial charge in [-0.15, -0.1) is 0 Å². The molecule has 0 radical (unpaired) electrons. The summed E-state index contributed by atoms with van der Waals surface area (Å²) in [6, 6.07) is 18.4. The minimum atomic E-state index is -0.476. The van der Waals surface area contributed by atoms with Gasteiger partial charge in [0, 0.05) is 12.5 Å². The van der Waals surface area contributed by atoms with E-state index >= 15 is 0 Å². The maximum absolute atomic E-state index is 12.7. The zero-order valence-electron chi connectivity index (χ0n) is 20.0. The lowest BCUT2D eigenvalue weighted by Gasteiger charge is -2.20. The molecule has 4 heterocycles. The van der Waals surface area contributed by atoms with Crippen molar-refractivity contribution in [3.63, 3.8) is 0 Å². The maximum Gasteiger partial charge on any atom is 0.283 e. The Morgan fingerprint density at radius 1 is 1.08 bits per heavy atom. The van der Waals surface area contributed by atoms with Gasteiger partial charge in [-0.3, -0.25) is 15.0 Å². The van der Waals surface area contributed by atoms with Gasteiger partial charge in [-0.1, -0.05) is 53.8 Å². The van der Waals surface area contributed by atoms with Gasteiger partial charge in [0.25, 0.3) is 11.5 Å². The summed E-state index contributed by atoms with van der Waals surface area (Å²) in [5, 5.41) is 20.6. The van der Waals surface area contributed by atoms with Gasteiger partial charge in [0.15, 0.2) is 5.84 Å². The summed E-state index contributed by atoms with van der Waals surface area (Å²) >= 11 is 2.64. The second kappa shape index (κ2) is 9.80. The van der Waals surface area contributed by atoms with Crippen molar-refractivity contribution in [3.05, 3.63) is 98.4 Å². The molecule has 0 unspecified atom stereocenters. The molecule has 2 aromatic heterocycles. The number of ether oxygens (including phenoxy) is 1. The zero-order valence-corrected chi connectivity index (χ0v) is 21.6. The molecule has 4 aromatic rings. The van der Waals surface area contributed by atoms with Gasteiger partial charge >= 0.3 is 0 Å². The summed E-state index contributed by atoms with van der Waals surface area (Å²) in [6.45, 7) is 1.94. The van der Waals surface area contributed by atoms with E-state index in [9.17, 15) is 9.59 Å². The summed E-state index contributed by atoms with van der Waals surface area (Å²) in [4.78, 5) is 34.0. The van der Waals surface area contributed by atoms with Crippen molar-refractivity contribution in [2.45, 2.75) is 20.0 Å². The van der Waals surface area contributed by atoms with Crippen molar-refractivity contribution in [1.29, 1.82) is 5.41 Å². The highest BCUT2D eigenvalue weighted by Crippen LogP contribution is 2.29. The number of amidine groups is 2. The van der Waals surface area contributed by atoms with E-state index in [2.05, 4.69) is 20.2 Å². The molecule has 38 heavy (non-hydrogen) atoms. The molecule has 2 aliphatic heterocycles. The van der Waals surface area contributed by atoms with Crippen molar-refractivity contribution < 1.29 is 9.53 Å². The van der Waals surface area contributed by atoms with E-state index in [4.69, 9.17) is 10.1 Å². The minimum absolute atomic E-state index is 0.0121. The molecule has 0 saturated carbocycles. The minimum Gasteiger partial charge on any atom is -0.487 e. The molecule has 188 valence electrons. The SMILES string of the molecule is Cc1nn2c(=O)cc(COc3ccc(/C=C4\C(=N)N5N=C(Cc6ccccc6)SC5=NC4=O)cc3)nc2s1. The number of aromatic nitrogens is 3. The Bertz CT molecular complexity index is 1740. The quantitative estimate of drug-likeness (QED) is 0.367. The molecule has 1 amide bonds. The third kappa shape index (κ3) is 4.78. The Balaban J connectivity index is 1.15. The van der Waals surface area contributed by atoms with Crippen molar-refractivity contribution in [1.82, 2.24) is 19.6 Å². The summed E-state index contributed by atoms with van der Waals surface area (Å²) in [5.41, 5.74) is 2.22. The predicted molar refractivity (Wildman–Crippen MR) is 148 cm³/mol. The molecule has 0 saturated heterocycles. The molecule has 2 aliphatic rings. The Morgan fingerprint density at radius 2 is 1.87 bits per heavy atom. The number of thioether (sulfide) groups is 1. The fourth-order valence-corrected chi connectivity index (χ4v) is 5.57. The molecule has 0 aliphatic carbocycles. The van der Waals surface area contributed by atoms with Gasteiger partial charge in [0.2, 0.25) is 10.1 Å². The molecule has 2 aromatic carbocycles. The van der Waals surface area contributed by atoms with Crippen molar-refractivity contribution in [3.8, 4) is 5.75 Å². The van der Waals surface area contributed by atoms with Crippen LogP contribution in [0.4, 0.5) is 0 Å². The van der Waals surface area contributed by atoms with E-state index in [0.29, 0.717) is 33.6 Å². The summed E-state index contributed by atoms with van der Waals surface area (Å²) in [7, 11) is 0. The number of nitrogens with zero attached hydrogens (tertiary/aromatic N) is 6. The zero-order chi connectivity index (χ0) is 26.2. The highest BCUT2D eigenvalue weighted by molar-refractivity contribution is 8.26. The van der Waals surface area contributed by atoms with E-state index in [-0.39, 0.29) is 23.6 Å². The number of carbonyl (C=O) groups is 1. The van der Waals surface area contributed by atoms with Crippen molar-refractivity contribution in [2.75, 3.05) is 0 Å². The fourth-order valence-electron chi connectivity index (χ4n) is 3.88. The number of amides is 1. The van der Waals surface area contributed by atoms with Gasteiger partial charge in [-0.25, -0.2) is 4.98 Å². The first kappa shape index (κ1) is 23.9. The van der Waals surface area contributed by atoms with Crippen LogP contribution in [0, 0.1) is 12.3 Å². The van der Waals surface area contributed by atoms with Crippen LogP contribution in [0.3, 0.4) is 0 Å². The van der Waals surface area contributed by atoms with Crippen LogP contribution in [-0.4, -0.2) is 41.6 Å². The molecule has 0 atom stereocenters. The highest BCUT2D eigenvalue weighted by atomic mass is 32.2. The fraction of sp³-hybridized carbons (Fsp3) is 0.115. The number of hydrazone groups is 1. The largest absolute Gasteiger partial charge is 0.487 e. The van der Waals surface area contributed by atoms with E-state index in [0.717, 1.165) is 15.6 Å². The molecule has 12 heteroatoms. The Kier molecular flexibility index (Phi) is 6.18. The number of carbonyl (C=O) groups excluding carboxylic acids is 1. The Labute approximate surface area is 224 Å². The number of aliphatic imine (C=N–C) groups is 1. The average Bonchev–Trinajstić information content (AvgIpc) is 3.49. The van der Waals surface area contributed by atoms with E-state index in [1.54, 1.807) is 30.3 Å². The first-order valence-electron chi connectivity index (χ1n) is 11.6. The second-order valence-electron chi connectivity index (χ2n) is 8.44. The number of hydrogen-bond acceptors (Lipinski definition) is 9. The third-order valence-electron chi connectivity index (χ3n) is 5.67. The number of rotatable bonds is 6. The van der Waals surface area contributed by atoms with E-state index in [1.165, 1.54) is 38.7 Å². The molecule has 1 N–H and O–H groups in total. The lowest BCUT2D eigenvalue weighted by atomic mass is 10.1. The smallest absolute Gasteiger partial charge is 0.283 e. The lowest BCUT2D eigenvalue weighted by Crippen LogP contribution is -2.35. The average molecular weight is 542 g/mol. The van der Waals surface area contributed by atoms with Crippen LogP contribution in [0.5, 0.6) is 5.75 Å². The third-order valence-corrected chi connectivity index (χ3v) is 7.40. The summed E-state index contributed by atoms with van der Waals surface area (Å²) in [6.07, 6.45) is 2.22. The van der Waals surface area contributed by atoms with Crippen molar-refractivity contribution in [2.24, 2.45) is 10.1 Å². The Morgan fingerprint density at radius 3 is 2.66 bits per heavy atom. The van der Waals surface area contributed by atoms with E-state index in [1.807, 2.05) is 37.3 Å². The van der Waals surface area contributed by atoms with Gasteiger partial charge in [0.05, 0.1) is 11.3 Å². The van der Waals surface area contributed by atoms with Gasteiger partial charge < -0.3 is 4.74 Å². The highest BCUT2D eigenvalue weighted by Gasteiger charge is 2.35. The summed E-state index contributed by atoms with van der Waals surface area (Å²) < 4.78 is 7.08. The van der Waals surface area contributed by atoms with Gasteiger partial charge in [-0.2, -0.15) is 24.7 Å².